The zero-order valence-electron chi connectivity index (χ0n) is 16.7. The van der Waals surface area contributed by atoms with E-state index in [0.29, 0.717) is 22.7 Å². The number of ether oxygens (including phenoxy) is 2. The quantitative estimate of drug-likeness (QED) is 0.758. The van der Waals surface area contributed by atoms with E-state index >= 15 is 0 Å². The number of anilines is 2. The number of amides is 2. The summed E-state index contributed by atoms with van der Waals surface area (Å²) in [5.41, 5.74) is 1.62. The lowest BCUT2D eigenvalue weighted by molar-refractivity contribution is -0.122. The number of benzene rings is 2. The summed E-state index contributed by atoms with van der Waals surface area (Å²) >= 11 is 0. The van der Waals surface area contributed by atoms with Gasteiger partial charge in [0.2, 0.25) is 11.8 Å². The van der Waals surface area contributed by atoms with Crippen LogP contribution >= 0.6 is 0 Å². The summed E-state index contributed by atoms with van der Waals surface area (Å²) < 4.78 is 10.5. The Hall–Kier alpha value is -3.35. The van der Waals surface area contributed by atoms with Crippen molar-refractivity contribution in [1.82, 2.24) is 0 Å². The van der Waals surface area contributed by atoms with E-state index in [-0.39, 0.29) is 30.9 Å². The lowest BCUT2D eigenvalue weighted by Crippen LogP contribution is -2.28. The molecule has 0 aromatic heterocycles. The fourth-order valence-electron chi connectivity index (χ4n) is 3.18. The number of nitrogens with zero attached hydrogens (tertiary/aromatic N) is 1. The van der Waals surface area contributed by atoms with Crippen LogP contribution in [0.3, 0.4) is 0 Å². The Labute approximate surface area is 169 Å². The number of esters is 1. The number of methoxy groups -OCH3 is 1. The minimum absolute atomic E-state index is 0.124. The van der Waals surface area contributed by atoms with Gasteiger partial charge in [-0.3, -0.25) is 9.59 Å². The average Bonchev–Trinajstić information content (AvgIpc) is 3.09. The fraction of sp³-hybridized carbons (Fsp3) is 0.318. The Kier molecular flexibility index (Phi) is 6.16. The first-order valence-corrected chi connectivity index (χ1v) is 9.44. The third kappa shape index (κ3) is 4.74. The SMILES string of the molecule is COc1ccccc1N1C[C@@H](C(=O)Nc2ccc(C(=O)OC(C)C)cc2)CC1=O. The molecule has 3 rings (SSSR count). The van der Waals surface area contributed by atoms with Gasteiger partial charge in [0, 0.05) is 18.7 Å². The van der Waals surface area contributed by atoms with Crippen molar-refractivity contribution >= 4 is 29.2 Å². The van der Waals surface area contributed by atoms with Gasteiger partial charge in [0.25, 0.3) is 0 Å². The maximum atomic E-state index is 12.6. The van der Waals surface area contributed by atoms with Crippen LogP contribution in [0.25, 0.3) is 0 Å². The van der Waals surface area contributed by atoms with Gasteiger partial charge in [-0.2, -0.15) is 0 Å². The number of para-hydroxylation sites is 2. The molecule has 29 heavy (non-hydrogen) atoms. The molecule has 152 valence electrons. The summed E-state index contributed by atoms with van der Waals surface area (Å²) in [5, 5.41) is 2.81. The van der Waals surface area contributed by atoms with Crippen LogP contribution in [-0.2, 0) is 14.3 Å². The highest BCUT2D eigenvalue weighted by atomic mass is 16.5. The molecule has 1 atom stereocenters. The van der Waals surface area contributed by atoms with Gasteiger partial charge in [0.15, 0.2) is 0 Å². The number of rotatable bonds is 6. The van der Waals surface area contributed by atoms with Gasteiger partial charge >= 0.3 is 5.97 Å². The van der Waals surface area contributed by atoms with E-state index in [2.05, 4.69) is 5.32 Å². The molecule has 2 aromatic carbocycles. The minimum Gasteiger partial charge on any atom is -0.495 e. The summed E-state index contributed by atoms with van der Waals surface area (Å²) in [6.45, 7) is 3.84. The molecule has 1 heterocycles. The van der Waals surface area contributed by atoms with E-state index in [1.165, 1.54) is 0 Å². The molecular formula is C22H24N2O5. The molecule has 0 aliphatic carbocycles. The van der Waals surface area contributed by atoms with Crippen molar-refractivity contribution in [3.8, 4) is 5.75 Å². The molecule has 0 saturated carbocycles. The van der Waals surface area contributed by atoms with Crippen LogP contribution in [0.2, 0.25) is 0 Å². The van der Waals surface area contributed by atoms with Crippen molar-refractivity contribution in [2.24, 2.45) is 5.92 Å². The molecule has 0 radical (unpaired) electrons. The van der Waals surface area contributed by atoms with Gasteiger partial charge in [-0.15, -0.1) is 0 Å². The molecule has 7 nitrogen and oxygen atoms in total. The second-order valence-electron chi connectivity index (χ2n) is 7.10. The van der Waals surface area contributed by atoms with Crippen LogP contribution < -0.4 is 15.0 Å². The van der Waals surface area contributed by atoms with Crippen molar-refractivity contribution in [1.29, 1.82) is 0 Å². The van der Waals surface area contributed by atoms with E-state index in [4.69, 9.17) is 9.47 Å². The second kappa shape index (κ2) is 8.77. The van der Waals surface area contributed by atoms with Crippen LogP contribution in [0.4, 0.5) is 11.4 Å². The Bertz CT molecular complexity index is 908. The molecule has 1 aliphatic rings. The Morgan fingerprint density at radius 1 is 1.10 bits per heavy atom. The summed E-state index contributed by atoms with van der Waals surface area (Å²) in [5.74, 6) is -0.662. The molecule has 1 saturated heterocycles. The van der Waals surface area contributed by atoms with E-state index in [9.17, 15) is 14.4 Å². The second-order valence-corrected chi connectivity index (χ2v) is 7.10. The first-order chi connectivity index (χ1) is 13.9. The Balaban J connectivity index is 1.64. The van der Waals surface area contributed by atoms with Crippen molar-refractivity contribution < 1.29 is 23.9 Å². The number of nitrogens with one attached hydrogen (secondary N) is 1. The van der Waals surface area contributed by atoms with Gasteiger partial charge in [0.1, 0.15) is 5.75 Å². The molecular weight excluding hydrogens is 372 g/mol. The lowest BCUT2D eigenvalue weighted by Gasteiger charge is -2.19. The first kappa shape index (κ1) is 20.4. The highest BCUT2D eigenvalue weighted by Crippen LogP contribution is 2.33. The maximum absolute atomic E-state index is 12.6. The smallest absolute Gasteiger partial charge is 0.338 e. The molecule has 0 bridgehead atoms. The van der Waals surface area contributed by atoms with Gasteiger partial charge in [-0.25, -0.2) is 4.79 Å². The summed E-state index contributed by atoms with van der Waals surface area (Å²) in [4.78, 5) is 38.6. The highest BCUT2D eigenvalue weighted by Gasteiger charge is 2.36. The summed E-state index contributed by atoms with van der Waals surface area (Å²) in [6.07, 6.45) is -0.0733. The summed E-state index contributed by atoms with van der Waals surface area (Å²) in [7, 11) is 1.55. The maximum Gasteiger partial charge on any atom is 0.338 e. The zero-order chi connectivity index (χ0) is 21.0. The molecule has 1 N–H and O–H groups in total. The van der Waals surface area contributed by atoms with Crippen LogP contribution in [0.1, 0.15) is 30.6 Å². The standard InChI is InChI=1S/C22H24N2O5/c1-14(2)29-22(27)15-8-10-17(11-9-15)23-21(26)16-12-20(25)24(13-16)18-6-4-5-7-19(18)28-3/h4-11,14,16H,12-13H2,1-3H3,(H,23,26)/t16-/m0/s1. The van der Waals surface area contributed by atoms with Crippen molar-refractivity contribution in [3.05, 3.63) is 54.1 Å². The summed E-state index contributed by atoms with van der Waals surface area (Å²) in [6, 6.07) is 13.7. The van der Waals surface area contributed by atoms with Crippen molar-refractivity contribution in [2.45, 2.75) is 26.4 Å². The fourth-order valence-corrected chi connectivity index (χ4v) is 3.18. The zero-order valence-corrected chi connectivity index (χ0v) is 16.7. The van der Waals surface area contributed by atoms with Gasteiger partial charge in [0.05, 0.1) is 30.4 Å². The van der Waals surface area contributed by atoms with E-state index in [0.717, 1.165) is 0 Å². The molecule has 2 amide bonds. The Morgan fingerprint density at radius 3 is 2.45 bits per heavy atom. The first-order valence-electron chi connectivity index (χ1n) is 9.44. The van der Waals surface area contributed by atoms with E-state index < -0.39 is 11.9 Å². The predicted molar refractivity (Wildman–Crippen MR) is 109 cm³/mol. The normalized spacial score (nSPS) is 16.1. The molecule has 0 spiro atoms. The Morgan fingerprint density at radius 2 is 1.79 bits per heavy atom. The van der Waals surface area contributed by atoms with E-state index in [1.807, 2.05) is 12.1 Å². The van der Waals surface area contributed by atoms with Crippen LogP contribution in [0, 0.1) is 5.92 Å². The molecule has 1 fully saturated rings. The van der Waals surface area contributed by atoms with Crippen LogP contribution in [0.15, 0.2) is 48.5 Å². The average molecular weight is 396 g/mol. The van der Waals surface area contributed by atoms with Crippen LogP contribution in [-0.4, -0.2) is 37.5 Å². The lowest BCUT2D eigenvalue weighted by atomic mass is 10.1. The van der Waals surface area contributed by atoms with Crippen LogP contribution in [0.5, 0.6) is 5.75 Å². The van der Waals surface area contributed by atoms with Gasteiger partial charge in [-0.05, 0) is 50.2 Å². The highest BCUT2D eigenvalue weighted by molar-refractivity contribution is 6.04. The molecule has 1 aliphatic heterocycles. The van der Waals surface area contributed by atoms with Gasteiger partial charge < -0.3 is 19.7 Å². The molecule has 7 heteroatoms. The predicted octanol–water partition coefficient (Wildman–Crippen LogP) is 3.25. The number of carbonyl (C=O) groups is 3. The monoisotopic (exact) mass is 396 g/mol. The third-order valence-electron chi connectivity index (χ3n) is 4.60. The van der Waals surface area contributed by atoms with E-state index in [1.54, 1.807) is 62.3 Å². The van der Waals surface area contributed by atoms with Crippen molar-refractivity contribution in [3.63, 3.8) is 0 Å². The molecule has 0 unspecified atom stereocenters. The van der Waals surface area contributed by atoms with Gasteiger partial charge in [-0.1, -0.05) is 12.1 Å². The molecule has 2 aromatic rings. The minimum atomic E-state index is -0.474. The number of hydrogen-bond acceptors (Lipinski definition) is 5. The third-order valence-corrected chi connectivity index (χ3v) is 4.60. The number of hydrogen-bond donors (Lipinski definition) is 1. The largest absolute Gasteiger partial charge is 0.495 e. The topological polar surface area (TPSA) is 84.9 Å². The van der Waals surface area contributed by atoms with Crippen molar-refractivity contribution in [2.75, 3.05) is 23.9 Å². The number of carbonyl (C=O) groups excluding carboxylic acids is 3.